The Kier molecular flexibility index (Phi) is 4.30. The van der Waals surface area contributed by atoms with Gasteiger partial charge in [0.05, 0.1) is 16.8 Å². The lowest BCUT2D eigenvalue weighted by molar-refractivity contribution is -0.137. The molecule has 0 N–H and O–H groups in total. The quantitative estimate of drug-likeness (QED) is 0.339. The summed E-state index contributed by atoms with van der Waals surface area (Å²) < 4.78 is 71.8. The highest BCUT2D eigenvalue weighted by atomic mass is 19.4. The highest BCUT2D eigenvalue weighted by Gasteiger charge is 2.43. The second-order valence-corrected chi connectivity index (χ2v) is 6.73. The number of nitrogens with zero attached hydrogens (tertiary/aromatic N) is 2. The number of benzene rings is 3. The summed E-state index contributed by atoms with van der Waals surface area (Å²) in [5, 5.41) is 9.09. The topological polar surface area (TPSA) is 27.0 Å². The van der Waals surface area contributed by atoms with Gasteiger partial charge in [0, 0.05) is 17.8 Å². The molecule has 0 bridgehead atoms. The first-order valence-corrected chi connectivity index (χ1v) is 8.70. The number of para-hydroxylation sites is 2. The molecule has 3 aromatic rings. The summed E-state index contributed by atoms with van der Waals surface area (Å²) in [6, 6.07) is 14.7. The van der Waals surface area contributed by atoms with E-state index in [9.17, 15) is 17.6 Å². The summed E-state index contributed by atoms with van der Waals surface area (Å²) in [5.74, 6) is -3.29. The van der Waals surface area contributed by atoms with Crippen molar-refractivity contribution in [1.29, 1.82) is 5.26 Å². The molecule has 0 aromatic heterocycles. The minimum Gasteiger partial charge on any atom is -0.306 e. The van der Waals surface area contributed by atoms with Crippen LogP contribution in [0.2, 0.25) is 0 Å². The normalized spacial score (nSPS) is 12.9. The zero-order valence-electron chi connectivity index (χ0n) is 15.1. The van der Waals surface area contributed by atoms with Crippen LogP contribution in [0.5, 0.6) is 0 Å². The van der Waals surface area contributed by atoms with Crippen LogP contribution in [0.4, 0.5) is 39.0 Å². The van der Waals surface area contributed by atoms with E-state index >= 15 is 4.39 Å². The first-order valence-electron chi connectivity index (χ1n) is 8.70. The van der Waals surface area contributed by atoms with Crippen molar-refractivity contribution in [2.24, 2.45) is 0 Å². The zero-order chi connectivity index (χ0) is 20.9. The Bertz CT molecular complexity index is 1130. The van der Waals surface area contributed by atoms with Crippen LogP contribution in [0.25, 0.3) is 0 Å². The van der Waals surface area contributed by atoms with E-state index in [0.29, 0.717) is 28.9 Å². The highest BCUT2D eigenvalue weighted by Crippen LogP contribution is 2.50. The van der Waals surface area contributed by atoms with Crippen LogP contribution in [0, 0.1) is 29.9 Å². The van der Waals surface area contributed by atoms with Gasteiger partial charge in [-0.2, -0.15) is 18.4 Å². The fourth-order valence-corrected chi connectivity index (χ4v) is 3.81. The number of hydrogen-bond donors (Lipinski definition) is 0. The molecule has 0 fully saturated rings. The molecule has 29 heavy (non-hydrogen) atoms. The Morgan fingerprint density at radius 1 is 0.897 bits per heavy atom. The molecule has 7 heteroatoms. The molecular weight excluding hydrogens is 387 g/mol. The van der Waals surface area contributed by atoms with Gasteiger partial charge in [-0.1, -0.05) is 36.4 Å². The number of anilines is 3. The molecule has 0 saturated heterocycles. The van der Waals surface area contributed by atoms with Crippen LogP contribution in [0.3, 0.4) is 0 Å². The largest absolute Gasteiger partial charge is 0.418 e. The van der Waals surface area contributed by atoms with Gasteiger partial charge in [0.2, 0.25) is 0 Å². The fraction of sp³-hybridized carbons (Fsp3) is 0.136. The third kappa shape index (κ3) is 2.83. The summed E-state index contributed by atoms with van der Waals surface area (Å²) in [6.45, 7) is 0.981. The predicted molar refractivity (Wildman–Crippen MR) is 98.3 cm³/mol. The van der Waals surface area contributed by atoms with Crippen molar-refractivity contribution in [3.63, 3.8) is 0 Å². The lowest BCUT2D eigenvalue weighted by Crippen LogP contribution is -2.25. The SMILES string of the molecule is Cc1c(C#N)c(F)c(F)c(N2c3ccccc3Cc3ccccc32)c1C(F)(F)F. The Hall–Kier alpha value is -3.40. The third-order valence-electron chi connectivity index (χ3n) is 5.07. The second-order valence-electron chi connectivity index (χ2n) is 6.73. The number of nitriles is 1. The van der Waals surface area contributed by atoms with Crippen molar-refractivity contribution in [1.82, 2.24) is 0 Å². The molecule has 0 amide bonds. The van der Waals surface area contributed by atoms with Crippen molar-refractivity contribution in [2.45, 2.75) is 19.5 Å². The highest BCUT2D eigenvalue weighted by molar-refractivity contribution is 5.86. The first-order chi connectivity index (χ1) is 13.8. The van der Waals surface area contributed by atoms with E-state index in [-0.39, 0.29) is 0 Å². The standard InChI is InChI=1S/C22H13F5N2/c1-12-15(11-28)19(23)20(24)21(18(12)22(25,26)27)29-16-8-4-2-6-13(16)10-14-7-3-5-9-17(14)29/h2-9H,10H2,1H3. The molecular formula is C22H13F5N2. The molecule has 1 heterocycles. The predicted octanol–water partition coefficient (Wildman–Crippen LogP) is 6.54. The molecule has 0 radical (unpaired) electrons. The van der Waals surface area contributed by atoms with E-state index in [1.165, 1.54) is 6.07 Å². The van der Waals surface area contributed by atoms with Crippen LogP contribution in [0.1, 0.15) is 27.8 Å². The lowest BCUT2D eigenvalue weighted by atomic mass is 9.92. The lowest BCUT2D eigenvalue weighted by Gasteiger charge is -2.35. The number of fused-ring (bicyclic) bond motifs is 2. The van der Waals surface area contributed by atoms with Gasteiger partial charge in [0.1, 0.15) is 6.07 Å². The van der Waals surface area contributed by atoms with Gasteiger partial charge in [0.15, 0.2) is 11.6 Å². The Morgan fingerprint density at radius 2 is 1.41 bits per heavy atom. The minimum absolute atomic E-state index is 0.333. The molecule has 146 valence electrons. The van der Waals surface area contributed by atoms with E-state index in [4.69, 9.17) is 5.26 Å². The summed E-state index contributed by atoms with van der Waals surface area (Å²) in [5.41, 5.74) is -1.86. The second kappa shape index (κ2) is 6.59. The van der Waals surface area contributed by atoms with Crippen molar-refractivity contribution < 1.29 is 22.0 Å². The maximum absolute atomic E-state index is 15.1. The summed E-state index contributed by atoms with van der Waals surface area (Å²) in [7, 11) is 0. The molecule has 0 unspecified atom stereocenters. The fourth-order valence-electron chi connectivity index (χ4n) is 3.81. The van der Waals surface area contributed by atoms with Crippen LogP contribution in [-0.2, 0) is 12.6 Å². The maximum atomic E-state index is 15.1. The van der Waals surface area contributed by atoms with E-state index in [1.54, 1.807) is 48.5 Å². The van der Waals surface area contributed by atoms with Gasteiger partial charge in [-0.15, -0.1) is 0 Å². The van der Waals surface area contributed by atoms with Crippen molar-refractivity contribution in [3.8, 4) is 6.07 Å². The van der Waals surface area contributed by atoms with Gasteiger partial charge in [0.25, 0.3) is 0 Å². The molecule has 4 rings (SSSR count). The van der Waals surface area contributed by atoms with E-state index in [2.05, 4.69) is 0 Å². The Labute approximate surface area is 163 Å². The summed E-state index contributed by atoms with van der Waals surface area (Å²) in [4.78, 5) is 1.10. The Morgan fingerprint density at radius 3 is 1.90 bits per heavy atom. The molecule has 0 aliphatic carbocycles. The molecule has 0 spiro atoms. The van der Waals surface area contributed by atoms with Crippen LogP contribution >= 0.6 is 0 Å². The molecule has 1 aliphatic heterocycles. The molecule has 0 atom stereocenters. The van der Waals surface area contributed by atoms with Crippen molar-refractivity contribution >= 4 is 17.1 Å². The summed E-state index contributed by atoms with van der Waals surface area (Å²) in [6.07, 6.45) is -4.55. The van der Waals surface area contributed by atoms with Crippen LogP contribution < -0.4 is 4.90 Å². The average Bonchev–Trinajstić information content (AvgIpc) is 2.68. The summed E-state index contributed by atoms with van der Waals surface area (Å²) >= 11 is 0. The van der Waals surface area contributed by atoms with Gasteiger partial charge in [-0.05, 0) is 35.7 Å². The molecule has 3 aromatic carbocycles. The van der Waals surface area contributed by atoms with Crippen LogP contribution in [-0.4, -0.2) is 0 Å². The van der Waals surface area contributed by atoms with Gasteiger partial charge < -0.3 is 4.90 Å². The molecule has 2 nitrogen and oxygen atoms in total. The van der Waals surface area contributed by atoms with E-state index in [0.717, 1.165) is 11.8 Å². The minimum atomic E-state index is -5.00. The van der Waals surface area contributed by atoms with Gasteiger partial charge in [-0.3, -0.25) is 0 Å². The first kappa shape index (κ1) is 18.9. The number of alkyl halides is 3. The zero-order valence-corrected chi connectivity index (χ0v) is 15.1. The smallest absolute Gasteiger partial charge is 0.306 e. The van der Waals surface area contributed by atoms with E-state index in [1.807, 2.05) is 0 Å². The van der Waals surface area contributed by atoms with Crippen LogP contribution in [0.15, 0.2) is 48.5 Å². The van der Waals surface area contributed by atoms with Crippen molar-refractivity contribution in [3.05, 3.63) is 88.0 Å². The maximum Gasteiger partial charge on any atom is 0.418 e. The van der Waals surface area contributed by atoms with Gasteiger partial charge in [-0.25, -0.2) is 8.78 Å². The Balaban J connectivity index is 2.16. The number of rotatable bonds is 1. The van der Waals surface area contributed by atoms with E-state index < -0.39 is 40.2 Å². The van der Waals surface area contributed by atoms with Crippen molar-refractivity contribution in [2.75, 3.05) is 4.90 Å². The third-order valence-corrected chi connectivity index (χ3v) is 5.07. The number of halogens is 5. The molecule has 1 aliphatic rings. The average molecular weight is 400 g/mol. The monoisotopic (exact) mass is 400 g/mol. The molecule has 0 saturated carbocycles. The number of hydrogen-bond acceptors (Lipinski definition) is 2. The van der Waals surface area contributed by atoms with Gasteiger partial charge >= 0.3 is 6.18 Å².